The van der Waals surface area contributed by atoms with Crippen molar-refractivity contribution in [1.82, 2.24) is 10.2 Å². The van der Waals surface area contributed by atoms with Crippen molar-refractivity contribution in [2.45, 2.75) is 207 Å². The molecule has 1 saturated heterocycles. The maximum Gasteiger partial charge on any atom is 0.407 e. The lowest BCUT2D eigenvalue weighted by Gasteiger charge is -2.31. The smallest absolute Gasteiger partial charge is 0.407 e. The van der Waals surface area contributed by atoms with Gasteiger partial charge in [-0.15, -0.1) is 0 Å². The molecule has 16 heteroatoms. The third-order valence-corrected chi connectivity index (χ3v) is 12.1. The van der Waals surface area contributed by atoms with Crippen molar-refractivity contribution >= 4 is 41.9 Å². The lowest BCUT2D eigenvalue weighted by atomic mass is 9.92. The Kier molecular flexibility index (Phi) is 42.7. The van der Waals surface area contributed by atoms with Crippen LogP contribution >= 0.6 is 0 Å². The molecule has 1 rings (SSSR count). The van der Waals surface area contributed by atoms with E-state index >= 15 is 0 Å². The highest BCUT2D eigenvalue weighted by atomic mass is 16.6. The molecular weight excluding hydrogens is 937 g/mol. The minimum absolute atomic E-state index is 0.0438. The fourth-order valence-corrected chi connectivity index (χ4v) is 7.63. The van der Waals surface area contributed by atoms with E-state index in [4.69, 9.17) is 33.2 Å². The minimum atomic E-state index is -1.45. The van der Waals surface area contributed by atoms with Crippen LogP contribution in [0, 0.1) is 5.41 Å². The summed E-state index contributed by atoms with van der Waals surface area (Å²) in [6.45, 7) is 8.77. The van der Waals surface area contributed by atoms with Crippen molar-refractivity contribution < 1.29 is 66.7 Å². The Morgan fingerprint density at radius 1 is 0.397 bits per heavy atom. The van der Waals surface area contributed by atoms with Crippen LogP contribution in [0.4, 0.5) is 4.79 Å². The predicted molar refractivity (Wildman–Crippen MR) is 282 cm³/mol. The van der Waals surface area contributed by atoms with Gasteiger partial charge in [-0.05, 0) is 142 Å². The quantitative estimate of drug-likeness (QED) is 0.0261. The number of rotatable bonds is 47. The van der Waals surface area contributed by atoms with Gasteiger partial charge in [0.05, 0.1) is 19.8 Å². The van der Waals surface area contributed by atoms with Crippen LogP contribution < -0.4 is 5.32 Å². The largest absolute Gasteiger partial charge is 0.466 e. The number of likely N-dealkylation sites (tertiary alicyclic amines) is 1. The number of hydrogen-bond donors (Lipinski definition) is 1. The molecular formula is C57H96N2O14. The Labute approximate surface area is 438 Å². The highest BCUT2D eigenvalue weighted by Gasteiger charge is 2.38. The highest BCUT2D eigenvalue weighted by molar-refractivity contribution is 5.72. The number of hydrogen-bond acceptors (Lipinski definition) is 15. The Morgan fingerprint density at radius 3 is 1.04 bits per heavy atom. The molecule has 0 aromatic heterocycles. The summed E-state index contributed by atoms with van der Waals surface area (Å²) in [6, 6.07) is 0. The first-order chi connectivity index (χ1) is 35.5. The van der Waals surface area contributed by atoms with Gasteiger partial charge in [-0.25, -0.2) is 4.79 Å². The van der Waals surface area contributed by atoms with E-state index in [0.717, 1.165) is 103 Å². The van der Waals surface area contributed by atoms with Crippen LogP contribution in [0.2, 0.25) is 0 Å². The summed E-state index contributed by atoms with van der Waals surface area (Å²) in [6.07, 6.45) is 31.0. The van der Waals surface area contributed by atoms with Crippen molar-refractivity contribution in [3.63, 3.8) is 0 Å². The third kappa shape index (κ3) is 41.3. The first kappa shape index (κ1) is 66.3. The first-order valence-corrected chi connectivity index (χ1v) is 28.0. The fraction of sp³-hybridized carbons (Fsp3) is 0.772. The summed E-state index contributed by atoms with van der Waals surface area (Å²) in [5.41, 5.74) is -1.45. The van der Waals surface area contributed by atoms with E-state index in [1.807, 2.05) is 0 Å². The SMILES string of the molecule is CC/C=C\CCCCOC(=O)CCCCCC(=O)OCC(COC(=O)CCCCCC(=O)OCCCC/C=C\CC)(COC(=O)CCCCCC(=O)OCCCC/C=C\CC)COC(=O)NCCN1CCCC1. The molecule has 73 heavy (non-hydrogen) atoms. The molecule has 418 valence electrons. The van der Waals surface area contributed by atoms with Gasteiger partial charge in [-0.3, -0.25) is 28.8 Å². The van der Waals surface area contributed by atoms with Crippen LogP contribution in [-0.2, 0) is 61.9 Å². The van der Waals surface area contributed by atoms with Crippen LogP contribution in [0.15, 0.2) is 36.5 Å². The molecule has 1 aliphatic heterocycles. The number of allylic oxidation sites excluding steroid dienone is 6. The van der Waals surface area contributed by atoms with Crippen molar-refractivity contribution in [2.75, 3.05) is 72.4 Å². The van der Waals surface area contributed by atoms with Crippen LogP contribution in [0.1, 0.15) is 207 Å². The number of amides is 1. The Hall–Kier alpha value is -4.73. The van der Waals surface area contributed by atoms with E-state index in [-0.39, 0.29) is 76.3 Å². The van der Waals surface area contributed by atoms with E-state index in [2.05, 4.69) is 67.4 Å². The Bertz CT molecular complexity index is 1420. The van der Waals surface area contributed by atoms with Gasteiger partial charge in [-0.1, -0.05) is 76.5 Å². The number of nitrogens with zero attached hydrogens (tertiary/aromatic N) is 1. The zero-order valence-electron chi connectivity index (χ0n) is 45.4. The van der Waals surface area contributed by atoms with Crippen LogP contribution in [0.25, 0.3) is 0 Å². The predicted octanol–water partition coefficient (Wildman–Crippen LogP) is 11.3. The summed E-state index contributed by atoms with van der Waals surface area (Å²) < 4.78 is 38.9. The number of unbranched alkanes of at least 4 members (excludes halogenated alkanes) is 12. The van der Waals surface area contributed by atoms with Gasteiger partial charge in [0.1, 0.15) is 31.8 Å². The summed E-state index contributed by atoms with van der Waals surface area (Å²) in [5, 5.41) is 2.76. The second kappa shape index (κ2) is 47.0. The molecule has 1 amide bonds. The van der Waals surface area contributed by atoms with Crippen LogP contribution in [0.5, 0.6) is 0 Å². The molecule has 0 aromatic rings. The van der Waals surface area contributed by atoms with Gasteiger partial charge in [0.2, 0.25) is 0 Å². The molecule has 0 bridgehead atoms. The monoisotopic (exact) mass is 1030 g/mol. The second-order valence-electron chi connectivity index (χ2n) is 19.0. The van der Waals surface area contributed by atoms with E-state index in [1.54, 1.807) is 0 Å². The van der Waals surface area contributed by atoms with Gasteiger partial charge in [0.25, 0.3) is 0 Å². The van der Waals surface area contributed by atoms with Crippen molar-refractivity contribution in [1.29, 1.82) is 0 Å². The molecule has 0 aromatic carbocycles. The molecule has 0 radical (unpaired) electrons. The number of esters is 6. The van der Waals surface area contributed by atoms with Crippen molar-refractivity contribution in [3.05, 3.63) is 36.5 Å². The number of nitrogens with one attached hydrogen (secondary N) is 1. The summed E-state index contributed by atoms with van der Waals surface area (Å²) >= 11 is 0. The standard InChI is InChI=1S/C57H96N2O14/c1-4-7-10-13-16-30-43-67-50(60)33-22-19-25-36-53(63)70-46-57(49-73-56(66)58-39-42-59-40-28-29-41-59,47-71-54(64)37-26-20-23-34-51(61)68-44-31-17-14-11-8-5-2)48-72-55(65)38-27-21-24-35-52(62)69-45-32-18-15-12-9-6-3/h7-12H,4-6,13-49H2,1-3H3,(H,58,66)/b10-7-,11-8-,12-9-. The van der Waals surface area contributed by atoms with Gasteiger partial charge in [-0.2, -0.15) is 0 Å². The molecule has 0 spiro atoms. The highest BCUT2D eigenvalue weighted by Crippen LogP contribution is 2.23. The first-order valence-electron chi connectivity index (χ1n) is 28.0. The van der Waals surface area contributed by atoms with E-state index < -0.39 is 36.0 Å². The Balaban J connectivity index is 2.87. The van der Waals surface area contributed by atoms with Crippen molar-refractivity contribution in [2.24, 2.45) is 5.41 Å². The molecule has 0 unspecified atom stereocenters. The molecule has 1 aliphatic rings. The lowest BCUT2D eigenvalue weighted by molar-refractivity contribution is -0.165. The summed E-state index contributed by atoms with van der Waals surface area (Å²) in [4.78, 5) is 91.4. The second-order valence-corrected chi connectivity index (χ2v) is 19.0. The van der Waals surface area contributed by atoms with E-state index in [1.165, 1.54) is 0 Å². The normalized spacial score (nSPS) is 12.9. The van der Waals surface area contributed by atoms with Crippen LogP contribution in [0.3, 0.4) is 0 Å². The van der Waals surface area contributed by atoms with Gasteiger partial charge < -0.3 is 43.4 Å². The third-order valence-electron chi connectivity index (χ3n) is 12.1. The zero-order chi connectivity index (χ0) is 53.3. The molecule has 0 saturated carbocycles. The topological polar surface area (TPSA) is 199 Å². The molecule has 1 fully saturated rings. The molecule has 0 atom stereocenters. The summed E-state index contributed by atoms with van der Waals surface area (Å²) in [5.74, 6) is -2.47. The fourth-order valence-electron chi connectivity index (χ4n) is 7.63. The Morgan fingerprint density at radius 2 is 0.712 bits per heavy atom. The molecule has 0 aliphatic carbocycles. The summed E-state index contributed by atoms with van der Waals surface area (Å²) in [7, 11) is 0. The van der Waals surface area contributed by atoms with E-state index in [0.29, 0.717) is 90.7 Å². The van der Waals surface area contributed by atoms with E-state index in [9.17, 15) is 33.6 Å². The van der Waals surface area contributed by atoms with Gasteiger partial charge >= 0.3 is 41.9 Å². The number of carbonyl (C=O) groups excluding carboxylic acids is 7. The van der Waals surface area contributed by atoms with Crippen LogP contribution in [-0.4, -0.2) is 119 Å². The number of alkyl carbamates (subject to hydrolysis) is 1. The van der Waals surface area contributed by atoms with Crippen molar-refractivity contribution in [3.8, 4) is 0 Å². The maximum absolute atomic E-state index is 13.2. The van der Waals surface area contributed by atoms with Gasteiger partial charge in [0, 0.05) is 51.6 Å². The average Bonchev–Trinajstić information content (AvgIpc) is 3.91. The number of ether oxygens (including phenoxy) is 7. The zero-order valence-corrected chi connectivity index (χ0v) is 45.4. The molecule has 1 heterocycles. The minimum Gasteiger partial charge on any atom is -0.466 e. The maximum atomic E-state index is 13.2. The molecule has 16 nitrogen and oxygen atoms in total. The number of carbonyl (C=O) groups is 7. The average molecular weight is 1030 g/mol. The lowest BCUT2D eigenvalue weighted by Crippen LogP contribution is -2.45. The molecule has 1 N–H and O–H groups in total. The van der Waals surface area contributed by atoms with Gasteiger partial charge in [0.15, 0.2) is 0 Å².